The van der Waals surface area contributed by atoms with E-state index in [1.807, 2.05) is 0 Å². The zero-order chi connectivity index (χ0) is 17.3. The summed E-state index contributed by atoms with van der Waals surface area (Å²) in [6.07, 6.45) is 3.81. The number of nitrogens with one attached hydrogen (secondary N) is 1. The van der Waals surface area contributed by atoms with Gasteiger partial charge in [-0.2, -0.15) is 0 Å². The van der Waals surface area contributed by atoms with Gasteiger partial charge in [0.1, 0.15) is 0 Å². The number of amides is 2. The lowest BCUT2D eigenvalue weighted by Gasteiger charge is -2.34. The molecular formula is C16H18ClN3O4. The summed E-state index contributed by atoms with van der Waals surface area (Å²) in [5.41, 5.74) is 0.624. The van der Waals surface area contributed by atoms with Gasteiger partial charge in [-0.25, -0.2) is 0 Å². The summed E-state index contributed by atoms with van der Waals surface area (Å²) >= 11 is 6.10. The van der Waals surface area contributed by atoms with E-state index in [1.165, 1.54) is 17.0 Å². The zero-order valence-electron chi connectivity index (χ0n) is 13.0. The van der Waals surface area contributed by atoms with Crippen LogP contribution in [0.5, 0.6) is 0 Å². The monoisotopic (exact) mass is 351 g/mol. The van der Waals surface area contributed by atoms with E-state index in [9.17, 15) is 19.7 Å². The molecule has 0 unspecified atom stereocenters. The Balaban J connectivity index is 1.59. The summed E-state index contributed by atoms with van der Waals surface area (Å²) in [6, 6.07) is 4.53. The second-order valence-electron chi connectivity index (χ2n) is 6.23. The van der Waals surface area contributed by atoms with Gasteiger partial charge in [-0.1, -0.05) is 11.6 Å². The van der Waals surface area contributed by atoms with E-state index in [0.29, 0.717) is 23.6 Å². The molecule has 1 aromatic rings. The maximum atomic E-state index is 11.8. The highest BCUT2D eigenvalue weighted by Gasteiger charge is 2.36. The number of carbonyl (C=O) groups is 2. The van der Waals surface area contributed by atoms with Crippen molar-refractivity contribution in [2.45, 2.75) is 50.6 Å². The van der Waals surface area contributed by atoms with Crippen molar-refractivity contribution in [1.82, 2.24) is 4.90 Å². The normalized spacial score (nSPS) is 24.3. The molecule has 24 heavy (non-hydrogen) atoms. The van der Waals surface area contributed by atoms with Crippen LogP contribution < -0.4 is 5.32 Å². The summed E-state index contributed by atoms with van der Waals surface area (Å²) in [4.78, 5) is 35.3. The molecular weight excluding hydrogens is 334 g/mol. The third kappa shape index (κ3) is 3.36. The number of hydrogen-bond donors (Lipinski definition) is 1. The predicted octanol–water partition coefficient (Wildman–Crippen LogP) is 3.12. The van der Waals surface area contributed by atoms with Crippen molar-refractivity contribution in [3.05, 3.63) is 33.3 Å². The summed E-state index contributed by atoms with van der Waals surface area (Å²) < 4.78 is 0. The van der Waals surface area contributed by atoms with Crippen LogP contribution in [-0.2, 0) is 9.59 Å². The molecule has 1 heterocycles. The number of carbonyl (C=O) groups excluding carboxylic acids is 2. The number of nitro groups is 1. The zero-order valence-corrected chi connectivity index (χ0v) is 13.8. The average molecular weight is 352 g/mol. The van der Waals surface area contributed by atoms with E-state index in [4.69, 9.17) is 11.6 Å². The maximum absolute atomic E-state index is 11.8. The van der Waals surface area contributed by atoms with Gasteiger partial charge in [-0.3, -0.25) is 24.6 Å². The molecule has 2 amide bonds. The Morgan fingerprint density at radius 3 is 2.29 bits per heavy atom. The molecule has 2 aliphatic rings. The Labute approximate surface area is 144 Å². The van der Waals surface area contributed by atoms with Gasteiger partial charge in [-0.05, 0) is 31.7 Å². The Morgan fingerprint density at radius 2 is 1.75 bits per heavy atom. The van der Waals surface area contributed by atoms with Crippen molar-refractivity contribution in [3.63, 3.8) is 0 Å². The average Bonchev–Trinajstić information content (AvgIpc) is 2.89. The fourth-order valence-electron chi connectivity index (χ4n) is 3.43. The predicted molar refractivity (Wildman–Crippen MR) is 88.9 cm³/mol. The van der Waals surface area contributed by atoms with Gasteiger partial charge >= 0.3 is 0 Å². The minimum atomic E-state index is -0.481. The number of hydrogen-bond acceptors (Lipinski definition) is 5. The van der Waals surface area contributed by atoms with Crippen molar-refractivity contribution < 1.29 is 14.5 Å². The van der Waals surface area contributed by atoms with Gasteiger partial charge in [0, 0.05) is 37.1 Å². The molecule has 3 rings (SSSR count). The number of imide groups is 1. The number of anilines is 1. The molecule has 0 aromatic heterocycles. The lowest BCUT2D eigenvalue weighted by atomic mass is 9.90. The minimum absolute atomic E-state index is 0.00196. The minimum Gasteiger partial charge on any atom is -0.381 e. The lowest BCUT2D eigenvalue weighted by Crippen LogP contribution is -2.43. The number of halogens is 1. The van der Waals surface area contributed by atoms with E-state index >= 15 is 0 Å². The van der Waals surface area contributed by atoms with Crippen LogP contribution in [0.15, 0.2) is 18.2 Å². The summed E-state index contributed by atoms with van der Waals surface area (Å²) in [7, 11) is 0. The first-order valence-corrected chi connectivity index (χ1v) is 8.39. The Kier molecular flexibility index (Phi) is 4.71. The van der Waals surface area contributed by atoms with Crippen LogP contribution in [0.2, 0.25) is 5.02 Å². The Morgan fingerprint density at radius 1 is 1.12 bits per heavy atom. The smallest absolute Gasteiger partial charge is 0.271 e. The summed E-state index contributed by atoms with van der Waals surface area (Å²) in [5, 5.41) is 14.4. The topological polar surface area (TPSA) is 92.6 Å². The van der Waals surface area contributed by atoms with Gasteiger partial charge in [-0.15, -0.1) is 0 Å². The van der Waals surface area contributed by atoms with E-state index in [2.05, 4.69) is 5.32 Å². The number of nitro benzene ring substituents is 1. The molecule has 2 fully saturated rings. The summed E-state index contributed by atoms with van der Waals surface area (Å²) in [5.74, 6) is -0.121. The molecule has 0 spiro atoms. The van der Waals surface area contributed by atoms with Crippen molar-refractivity contribution in [2.75, 3.05) is 5.32 Å². The van der Waals surface area contributed by atoms with Crippen LogP contribution >= 0.6 is 11.6 Å². The number of benzene rings is 1. The fraction of sp³-hybridized carbons (Fsp3) is 0.500. The molecule has 0 radical (unpaired) electrons. The highest BCUT2D eigenvalue weighted by molar-refractivity contribution is 6.33. The molecule has 7 nitrogen and oxygen atoms in total. The van der Waals surface area contributed by atoms with Crippen LogP contribution in [-0.4, -0.2) is 33.7 Å². The van der Waals surface area contributed by atoms with Gasteiger partial charge in [0.05, 0.1) is 15.6 Å². The van der Waals surface area contributed by atoms with Crippen LogP contribution in [0, 0.1) is 10.1 Å². The van der Waals surface area contributed by atoms with Crippen LogP contribution in [0.3, 0.4) is 0 Å². The standard InChI is InChI=1S/C16H18ClN3O4/c17-13-9-12(20(23)24)5-6-14(13)18-10-1-3-11(4-2-10)19-15(21)7-8-16(19)22/h5-6,9-11,18H,1-4,7-8H2. The van der Waals surface area contributed by atoms with Gasteiger partial charge in [0.15, 0.2) is 0 Å². The molecule has 1 aliphatic heterocycles. The van der Waals surface area contributed by atoms with Crippen LogP contribution in [0.25, 0.3) is 0 Å². The number of non-ortho nitro benzene ring substituents is 1. The maximum Gasteiger partial charge on any atom is 0.271 e. The third-order valence-electron chi connectivity index (χ3n) is 4.68. The van der Waals surface area contributed by atoms with E-state index < -0.39 is 4.92 Å². The first kappa shape index (κ1) is 16.7. The quantitative estimate of drug-likeness (QED) is 0.511. The second-order valence-corrected chi connectivity index (χ2v) is 6.64. The van der Waals surface area contributed by atoms with Gasteiger partial charge < -0.3 is 5.32 Å². The highest BCUT2D eigenvalue weighted by atomic mass is 35.5. The number of likely N-dealkylation sites (tertiary alicyclic amines) is 1. The Bertz CT molecular complexity index is 670. The lowest BCUT2D eigenvalue weighted by molar-refractivity contribution is -0.384. The second kappa shape index (κ2) is 6.76. The summed E-state index contributed by atoms with van der Waals surface area (Å²) in [6.45, 7) is 0. The van der Waals surface area contributed by atoms with E-state index in [-0.39, 0.29) is 29.6 Å². The van der Waals surface area contributed by atoms with Crippen LogP contribution in [0.4, 0.5) is 11.4 Å². The van der Waals surface area contributed by atoms with Gasteiger partial charge in [0.2, 0.25) is 11.8 Å². The molecule has 128 valence electrons. The van der Waals surface area contributed by atoms with Crippen LogP contribution in [0.1, 0.15) is 38.5 Å². The molecule has 0 bridgehead atoms. The number of rotatable bonds is 4. The third-order valence-corrected chi connectivity index (χ3v) is 4.99. The SMILES string of the molecule is O=C1CCC(=O)N1C1CCC(Nc2ccc([N+](=O)[O-])cc2Cl)CC1. The molecule has 1 N–H and O–H groups in total. The van der Waals surface area contributed by atoms with E-state index in [1.54, 1.807) is 6.07 Å². The molecule has 1 aromatic carbocycles. The molecule has 0 atom stereocenters. The van der Waals surface area contributed by atoms with E-state index in [0.717, 1.165) is 25.7 Å². The van der Waals surface area contributed by atoms with Crippen molar-refractivity contribution in [3.8, 4) is 0 Å². The highest BCUT2D eigenvalue weighted by Crippen LogP contribution is 2.32. The molecule has 8 heteroatoms. The molecule has 1 saturated heterocycles. The molecule has 1 saturated carbocycles. The first-order valence-electron chi connectivity index (χ1n) is 8.01. The van der Waals surface area contributed by atoms with Gasteiger partial charge in [0.25, 0.3) is 5.69 Å². The fourth-order valence-corrected chi connectivity index (χ4v) is 3.66. The number of nitrogens with zero attached hydrogens (tertiary/aromatic N) is 2. The Hall–Kier alpha value is -2.15. The van der Waals surface area contributed by atoms with Crippen molar-refractivity contribution in [1.29, 1.82) is 0 Å². The largest absolute Gasteiger partial charge is 0.381 e. The van der Waals surface area contributed by atoms with Crippen molar-refractivity contribution in [2.24, 2.45) is 0 Å². The molecule has 1 aliphatic carbocycles. The van der Waals surface area contributed by atoms with Crippen molar-refractivity contribution >= 4 is 34.8 Å². The first-order chi connectivity index (χ1) is 11.5.